The molecule has 0 saturated heterocycles. The van der Waals surface area contributed by atoms with Gasteiger partial charge < -0.3 is 20.4 Å². The van der Waals surface area contributed by atoms with Crippen LogP contribution in [0.3, 0.4) is 0 Å². The smallest absolute Gasteiger partial charge is 0.262 e. The van der Waals surface area contributed by atoms with Gasteiger partial charge in [-0.15, -0.1) is 0 Å². The van der Waals surface area contributed by atoms with Gasteiger partial charge >= 0.3 is 0 Å². The molecule has 7 nitrogen and oxygen atoms in total. The van der Waals surface area contributed by atoms with Gasteiger partial charge in [0.25, 0.3) is 5.91 Å². The van der Waals surface area contributed by atoms with Gasteiger partial charge in [-0.1, -0.05) is 12.1 Å². The minimum absolute atomic E-state index is 0.102. The van der Waals surface area contributed by atoms with E-state index >= 15 is 0 Å². The Morgan fingerprint density at radius 2 is 1.88 bits per heavy atom. The zero-order valence-corrected chi connectivity index (χ0v) is 18.2. The van der Waals surface area contributed by atoms with E-state index in [1.54, 1.807) is 16.2 Å². The lowest BCUT2D eigenvalue weighted by atomic mass is 10.1. The summed E-state index contributed by atoms with van der Waals surface area (Å²) in [5, 5.41) is 26.9. The zero-order valence-electron chi connectivity index (χ0n) is 17.4. The number of thiophene rings is 1. The summed E-state index contributed by atoms with van der Waals surface area (Å²) in [5.41, 5.74) is 3.45. The van der Waals surface area contributed by atoms with Crippen molar-refractivity contribution in [3.05, 3.63) is 82.8 Å². The number of phenolic OH excluding ortho intramolecular Hbond substituents is 2. The number of nitrogens with one attached hydrogen (secondary N) is 1. The van der Waals surface area contributed by atoms with Crippen LogP contribution in [0.2, 0.25) is 0 Å². The molecule has 0 fully saturated rings. The quantitative estimate of drug-likeness (QED) is 0.374. The number of phenols is 2. The maximum atomic E-state index is 13.3. The lowest BCUT2D eigenvalue weighted by molar-refractivity contribution is 0.0982. The number of carbonyl (C=O) groups is 1. The maximum Gasteiger partial charge on any atom is 0.262 e. The van der Waals surface area contributed by atoms with E-state index in [1.807, 2.05) is 54.1 Å². The zero-order chi connectivity index (χ0) is 22.5. The fourth-order valence-corrected chi connectivity index (χ4v) is 3.96. The van der Waals surface area contributed by atoms with Crippen LogP contribution in [-0.2, 0) is 6.54 Å². The first-order chi connectivity index (χ1) is 15.5. The lowest BCUT2D eigenvalue weighted by Gasteiger charge is -2.23. The van der Waals surface area contributed by atoms with Gasteiger partial charge in [0, 0.05) is 29.9 Å². The highest BCUT2D eigenvalue weighted by atomic mass is 32.1. The molecule has 8 heteroatoms. The molecular formula is C24H22N4O3S. The number of benzene rings is 2. The summed E-state index contributed by atoms with van der Waals surface area (Å²) in [7, 11) is 0. The van der Waals surface area contributed by atoms with Gasteiger partial charge in [0.05, 0.1) is 17.8 Å². The van der Waals surface area contributed by atoms with Crippen molar-refractivity contribution < 1.29 is 15.0 Å². The second-order valence-electron chi connectivity index (χ2n) is 7.09. The molecule has 0 saturated carbocycles. The number of hydrogen-bond acceptors (Lipinski definition) is 7. The molecule has 4 aromatic rings. The average molecular weight is 447 g/mol. The monoisotopic (exact) mass is 446 g/mol. The molecule has 0 aliphatic heterocycles. The van der Waals surface area contributed by atoms with E-state index in [-0.39, 0.29) is 23.0 Å². The Morgan fingerprint density at radius 1 is 1.06 bits per heavy atom. The number of rotatable bonds is 7. The highest BCUT2D eigenvalue weighted by Crippen LogP contribution is 2.29. The summed E-state index contributed by atoms with van der Waals surface area (Å²) in [4.78, 5) is 23.5. The minimum atomic E-state index is -0.363. The first-order valence-corrected chi connectivity index (χ1v) is 11.0. The summed E-state index contributed by atoms with van der Waals surface area (Å²) in [6, 6.07) is 15.3. The third-order valence-electron chi connectivity index (χ3n) is 4.88. The van der Waals surface area contributed by atoms with E-state index in [0.717, 1.165) is 35.2 Å². The Hall–Kier alpha value is -3.91. The van der Waals surface area contributed by atoms with Crippen LogP contribution in [0.4, 0.5) is 11.5 Å². The molecule has 3 N–H and O–H groups in total. The summed E-state index contributed by atoms with van der Waals surface area (Å²) >= 11 is 1.55. The highest BCUT2D eigenvalue weighted by Gasteiger charge is 2.22. The van der Waals surface area contributed by atoms with Crippen LogP contribution in [0.5, 0.6) is 11.5 Å². The molecule has 0 aliphatic carbocycles. The van der Waals surface area contributed by atoms with Crippen LogP contribution < -0.4 is 10.2 Å². The standard InChI is InChI=1S/C24H22N4O3S/c1-2-25-23-12-21(26-15-27-23)17-3-5-18(6-4-17)28(13-16-9-10-32-14-16)24(31)20-8-7-19(29)11-22(20)30/h3-12,14-15,29-30H,2,13H2,1H3,(H,25,26,27). The van der Waals surface area contributed by atoms with Crippen molar-refractivity contribution in [3.8, 4) is 22.8 Å². The second kappa shape index (κ2) is 9.49. The minimum Gasteiger partial charge on any atom is -0.508 e. The van der Waals surface area contributed by atoms with Gasteiger partial charge in [0.15, 0.2) is 0 Å². The molecule has 0 radical (unpaired) electrons. The molecule has 0 unspecified atom stereocenters. The van der Waals surface area contributed by atoms with Crippen molar-refractivity contribution in [2.45, 2.75) is 13.5 Å². The highest BCUT2D eigenvalue weighted by molar-refractivity contribution is 7.07. The second-order valence-corrected chi connectivity index (χ2v) is 7.87. The van der Waals surface area contributed by atoms with Crippen molar-refractivity contribution in [1.82, 2.24) is 9.97 Å². The van der Waals surface area contributed by atoms with Gasteiger partial charge in [-0.2, -0.15) is 11.3 Å². The van der Waals surface area contributed by atoms with E-state index in [2.05, 4.69) is 15.3 Å². The van der Waals surface area contributed by atoms with Gasteiger partial charge in [0.1, 0.15) is 23.6 Å². The molecule has 0 bridgehead atoms. The topological polar surface area (TPSA) is 98.6 Å². The Kier molecular flexibility index (Phi) is 6.32. The normalized spacial score (nSPS) is 10.7. The summed E-state index contributed by atoms with van der Waals surface area (Å²) in [5.74, 6) is 0.0185. The van der Waals surface area contributed by atoms with Crippen LogP contribution in [0, 0.1) is 0 Å². The number of aromatic hydroxyl groups is 2. The Labute approximate surface area is 189 Å². The van der Waals surface area contributed by atoms with Crippen molar-refractivity contribution in [2.75, 3.05) is 16.8 Å². The average Bonchev–Trinajstić information content (AvgIpc) is 3.31. The van der Waals surface area contributed by atoms with Crippen LogP contribution in [0.15, 0.2) is 71.7 Å². The molecule has 2 aromatic carbocycles. The first-order valence-electron chi connectivity index (χ1n) is 10.1. The Morgan fingerprint density at radius 3 is 2.56 bits per heavy atom. The number of anilines is 2. The summed E-state index contributed by atoms with van der Waals surface area (Å²) in [6.07, 6.45) is 1.52. The summed E-state index contributed by atoms with van der Waals surface area (Å²) in [6.45, 7) is 3.11. The molecule has 0 spiro atoms. The summed E-state index contributed by atoms with van der Waals surface area (Å²) < 4.78 is 0. The van der Waals surface area contributed by atoms with E-state index in [4.69, 9.17) is 0 Å². The van der Waals surface area contributed by atoms with Crippen LogP contribution in [0.1, 0.15) is 22.8 Å². The molecular weight excluding hydrogens is 424 g/mol. The van der Waals surface area contributed by atoms with Gasteiger partial charge in [-0.25, -0.2) is 9.97 Å². The van der Waals surface area contributed by atoms with E-state index in [9.17, 15) is 15.0 Å². The Bertz CT molecular complexity index is 1210. The van der Waals surface area contributed by atoms with E-state index in [1.165, 1.54) is 18.5 Å². The number of aromatic nitrogens is 2. The molecule has 32 heavy (non-hydrogen) atoms. The molecule has 0 atom stereocenters. The SMILES string of the molecule is CCNc1cc(-c2ccc(N(Cc3ccsc3)C(=O)c3ccc(O)cc3O)cc2)ncn1. The van der Waals surface area contributed by atoms with Crippen LogP contribution in [-0.4, -0.2) is 32.6 Å². The molecule has 2 aromatic heterocycles. The predicted molar refractivity (Wildman–Crippen MR) is 126 cm³/mol. The van der Waals surface area contributed by atoms with Crippen molar-refractivity contribution in [2.24, 2.45) is 0 Å². The maximum absolute atomic E-state index is 13.3. The molecule has 4 rings (SSSR count). The molecule has 1 amide bonds. The third kappa shape index (κ3) is 4.70. The van der Waals surface area contributed by atoms with Crippen molar-refractivity contribution in [3.63, 3.8) is 0 Å². The molecule has 2 heterocycles. The number of hydrogen-bond donors (Lipinski definition) is 3. The largest absolute Gasteiger partial charge is 0.508 e. The fraction of sp³-hybridized carbons (Fsp3) is 0.125. The number of amides is 1. The van der Waals surface area contributed by atoms with Crippen molar-refractivity contribution in [1.29, 1.82) is 0 Å². The molecule has 0 aliphatic rings. The van der Waals surface area contributed by atoms with Gasteiger partial charge in [0.2, 0.25) is 0 Å². The van der Waals surface area contributed by atoms with Gasteiger partial charge in [-0.05, 0) is 53.6 Å². The van der Waals surface area contributed by atoms with Gasteiger partial charge in [-0.3, -0.25) is 4.79 Å². The molecule has 162 valence electrons. The predicted octanol–water partition coefficient (Wildman–Crippen LogP) is 4.90. The fourth-order valence-electron chi connectivity index (χ4n) is 3.30. The van der Waals surface area contributed by atoms with Crippen molar-refractivity contribution >= 4 is 28.7 Å². The lowest BCUT2D eigenvalue weighted by Crippen LogP contribution is -2.30. The van der Waals surface area contributed by atoms with E-state index in [0.29, 0.717) is 12.2 Å². The van der Waals surface area contributed by atoms with Crippen LogP contribution >= 0.6 is 11.3 Å². The third-order valence-corrected chi connectivity index (χ3v) is 5.61. The van der Waals surface area contributed by atoms with Crippen LogP contribution in [0.25, 0.3) is 11.3 Å². The first kappa shape index (κ1) is 21.3. The number of carbonyl (C=O) groups excluding carboxylic acids is 1. The van der Waals surface area contributed by atoms with E-state index < -0.39 is 0 Å². The Balaban J connectivity index is 1.67. The number of nitrogens with zero attached hydrogens (tertiary/aromatic N) is 3.